The lowest BCUT2D eigenvalue weighted by Gasteiger charge is -2.10. The number of hydrogen-bond donors (Lipinski definition) is 1. The van der Waals surface area contributed by atoms with Crippen molar-refractivity contribution in [1.29, 1.82) is 0 Å². The van der Waals surface area contributed by atoms with Gasteiger partial charge in [0.1, 0.15) is 17.4 Å². The van der Waals surface area contributed by atoms with Gasteiger partial charge in [-0.3, -0.25) is 0 Å². The van der Waals surface area contributed by atoms with Crippen LogP contribution in [0.15, 0.2) is 60.0 Å². The molecule has 0 bridgehead atoms. The summed E-state index contributed by atoms with van der Waals surface area (Å²) in [4.78, 5) is 4.48. The van der Waals surface area contributed by atoms with E-state index in [0.29, 0.717) is 12.3 Å². The number of aliphatic hydroxyl groups excluding tert-OH is 1. The Morgan fingerprint density at radius 2 is 1.82 bits per heavy atom. The Hall–Kier alpha value is -2.17. The van der Waals surface area contributed by atoms with Crippen LogP contribution in [0.2, 0.25) is 0 Å². The summed E-state index contributed by atoms with van der Waals surface area (Å²) in [7, 11) is 0. The maximum absolute atomic E-state index is 9.62. The molecular weight excluding hydrogens is 294 g/mol. The fourth-order valence-electron chi connectivity index (χ4n) is 2.11. The van der Waals surface area contributed by atoms with Crippen LogP contribution in [0, 0.1) is 0 Å². The summed E-state index contributed by atoms with van der Waals surface area (Å²) in [6, 6.07) is 17.9. The number of para-hydroxylation sites is 1. The van der Waals surface area contributed by atoms with Crippen molar-refractivity contribution in [2.75, 3.05) is 0 Å². The largest absolute Gasteiger partial charge is 0.488 e. The fourth-order valence-corrected chi connectivity index (χ4v) is 3.04. The number of thiazole rings is 1. The molecule has 2 aromatic carbocycles. The minimum Gasteiger partial charge on any atom is -0.488 e. The van der Waals surface area contributed by atoms with E-state index in [1.807, 2.05) is 60.0 Å². The second-order valence-corrected chi connectivity index (χ2v) is 5.88. The zero-order chi connectivity index (χ0) is 15.4. The SMILES string of the molecule is CC(O)c1csc(-c2ccccc2OCc2ccccc2)n1. The van der Waals surface area contributed by atoms with Gasteiger partial charge in [-0.05, 0) is 24.6 Å². The Bertz CT molecular complexity index is 738. The maximum atomic E-state index is 9.62. The summed E-state index contributed by atoms with van der Waals surface area (Å²) >= 11 is 1.52. The van der Waals surface area contributed by atoms with Crippen LogP contribution in [0.4, 0.5) is 0 Å². The molecule has 0 aliphatic carbocycles. The van der Waals surface area contributed by atoms with E-state index in [1.165, 1.54) is 11.3 Å². The number of rotatable bonds is 5. The molecule has 0 saturated carbocycles. The van der Waals surface area contributed by atoms with Gasteiger partial charge in [0.05, 0.1) is 17.4 Å². The van der Waals surface area contributed by atoms with Crippen LogP contribution >= 0.6 is 11.3 Å². The molecule has 1 N–H and O–H groups in total. The zero-order valence-corrected chi connectivity index (χ0v) is 13.1. The van der Waals surface area contributed by atoms with Crippen molar-refractivity contribution in [1.82, 2.24) is 4.98 Å². The first-order valence-corrected chi connectivity index (χ1v) is 8.01. The Labute approximate surface area is 133 Å². The minimum atomic E-state index is -0.553. The summed E-state index contributed by atoms with van der Waals surface area (Å²) in [5.41, 5.74) is 2.77. The maximum Gasteiger partial charge on any atom is 0.130 e. The van der Waals surface area contributed by atoms with Gasteiger partial charge in [-0.25, -0.2) is 4.98 Å². The van der Waals surface area contributed by atoms with Crippen LogP contribution in [0.25, 0.3) is 10.6 Å². The van der Waals surface area contributed by atoms with Gasteiger partial charge in [0.25, 0.3) is 0 Å². The Morgan fingerprint density at radius 3 is 2.55 bits per heavy atom. The third kappa shape index (κ3) is 3.35. The van der Waals surface area contributed by atoms with Gasteiger partial charge >= 0.3 is 0 Å². The highest BCUT2D eigenvalue weighted by molar-refractivity contribution is 7.13. The highest BCUT2D eigenvalue weighted by Crippen LogP contribution is 2.33. The predicted octanol–water partition coefficient (Wildman–Crippen LogP) is 4.44. The molecule has 0 fully saturated rings. The third-order valence-corrected chi connectivity index (χ3v) is 4.20. The van der Waals surface area contributed by atoms with E-state index < -0.39 is 6.10 Å². The average molecular weight is 311 g/mol. The number of hydrogen-bond acceptors (Lipinski definition) is 4. The molecule has 22 heavy (non-hydrogen) atoms. The molecule has 1 atom stereocenters. The summed E-state index contributed by atoms with van der Waals surface area (Å²) in [6.45, 7) is 2.24. The van der Waals surface area contributed by atoms with Gasteiger partial charge in [0.15, 0.2) is 0 Å². The van der Waals surface area contributed by atoms with E-state index in [0.717, 1.165) is 21.9 Å². The lowest BCUT2D eigenvalue weighted by Crippen LogP contribution is -1.97. The lowest BCUT2D eigenvalue weighted by atomic mass is 10.2. The Morgan fingerprint density at radius 1 is 1.09 bits per heavy atom. The van der Waals surface area contributed by atoms with Crippen LogP contribution in [-0.2, 0) is 6.61 Å². The highest BCUT2D eigenvalue weighted by atomic mass is 32.1. The average Bonchev–Trinajstić information content (AvgIpc) is 3.04. The molecule has 3 nitrogen and oxygen atoms in total. The van der Waals surface area contributed by atoms with Crippen molar-refractivity contribution in [2.24, 2.45) is 0 Å². The van der Waals surface area contributed by atoms with Gasteiger partial charge in [-0.2, -0.15) is 0 Å². The van der Waals surface area contributed by atoms with Crippen molar-refractivity contribution in [3.63, 3.8) is 0 Å². The molecule has 1 heterocycles. The third-order valence-electron chi connectivity index (χ3n) is 3.30. The van der Waals surface area contributed by atoms with Crippen LogP contribution < -0.4 is 4.74 Å². The number of nitrogens with zero attached hydrogens (tertiary/aromatic N) is 1. The second kappa shape index (κ2) is 6.73. The van der Waals surface area contributed by atoms with E-state index in [9.17, 15) is 5.11 Å². The molecule has 1 aromatic heterocycles. The van der Waals surface area contributed by atoms with E-state index >= 15 is 0 Å². The highest BCUT2D eigenvalue weighted by Gasteiger charge is 2.12. The summed E-state index contributed by atoms with van der Waals surface area (Å²) in [6.07, 6.45) is -0.553. The topological polar surface area (TPSA) is 42.4 Å². The zero-order valence-electron chi connectivity index (χ0n) is 12.3. The first kappa shape index (κ1) is 14.8. The standard InChI is InChI=1S/C18H17NO2S/c1-13(20)16-12-22-18(19-16)15-9-5-6-10-17(15)21-11-14-7-3-2-4-8-14/h2-10,12-13,20H,11H2,1H3. The molecule has 4 heteroatoms. The summed E-state index contributed by atoms with van der Waals surface area (Å²) < 4.78 is 5.95. The van der Waals surface area contributed by atoms with Crippen LogP contribution in [-0.4, -0.2) is 10.1 Å². The molecule has 112 valence electrons. The first-order valence-electron chi connectivity index (χ1n) is 7.13. The first-order chi connectivity index (χ1) is 10.7. The molecule has 0 spiro atoms. The van der Waals surface area contributed by atoms with Gasteiger partial charge in [-0.15, -0.1) is 11.3 Å². The number of benzene rings is 2. The molecule has 3 aromatic rings. The Kier molecular flexibility index (Phi) is 4.51. The fraction of sp³-hybridized carbons (Fsp3) is 0.167. The quantitative estimate of drug-likeness (QED) is 0.757. The monoisotopic (exact) mass is 311 g/mol. The van der Waals surface area contributed by atoms with Crippen molar-refractivity contribution in [3.05, 3.63) is 71.2 Å². The lowest BCUT2D eigenvalue weighted by molar-refractivity contribution is 0.195. The van der Waals surface area contributed by atoms with E-state index in [1.54, 1.807) is 6.92 Å². The van der Waals surface area contributed by atoms with Crippen LogP contribution in [0.5, 0.6) is 5.75 Å². The molecule has 0 aliphatic heterocycles. The van der Waals surface area contributed by atoms with E-state index in [2.05, 4.69) is 4.98 Å². The van der Waals surface area contributed by atoms with Gasteiger partial charge in [-0.1, -0.05) is 42.5 Å². The molecular formula is C18H17NO2S. The van der Waals surface area contributed by atoms with Crippen molar-refractivity contribution in [2.45, 2.75) is 19.6 Å². The summed E-state index contributed by atoms with van der Waals surface area (Å²) in [5.74, 6) is 0.804. The van der Waals surface area contributed by atoms with Gasteiger partial charge in [0, 0.05) is 5.38 Å². The van der Waals surface area contributed by atoms with E-state index in [-0.39, 0.29) is 0 Å². The van der Waals surface area contributed by atoms with Crippen molar-refractivity contribution < 1.29 is 9.84 Å². The Balaban J connectivity index is 1.83. The molecule has 0 saturated heterocycles. The molecule has 0 radical (unpaired) electrons. The number of ether oxygens (including phenoxy) is 1. The van der Waals surface area contributed by atoms with Gasteiger partial charge in [0.2, 0.25) is 0 Å². The van der Waals surface area contributed by atoms with Crippen LogP contribution in [0.1, 0.15) is 24.3 Å². The van der Waals surface area contributed by atoms with Crippen molar-refractivity contribution in [3.8, 4) is 16.3 Å². The molecule has 1 unspecified atom stereocenters. The smallest absolute Gasteiger partial charge is 0.130 e. The van der Waals surface area contributed by atoms with Gasteiger partial charge < -0.3 is 9.84 Å². The molecule has 0 amide bonds. The predicted molar refractivity (Wildman–Crippen MR) is 89.0 cm³/mol. The van der Waals surface area contributed by atoms with Crippen molar-refractivity contribution >= 4 is 11.3 Å². The van der Waals surface area contributed by atoms with E-state index in [4.69, 9.17) is 4.74 Å². The molecule has 3 rings (SSSR count). The number of aromatic nitrogens is 1. The van der Waals surface area contributed by atoms with Crippen LogP contribution in [0.3, 0.4) is 0 Å². The normalized spacial score (nSPS) is 12.1. The minimum absolute atomic E-state index is 0.520. The summed E-state index contributed by atoms with van der Waals surface area (Å²) in [5, 5.41) is 12.4. The molecule has 0 aliphatic rings. The second-order valence-electron chi connectivity index (χ2n) is 5.02. The number of aliphatic hydroxyl groups is 1.